The average Bonchev–Trinajstić information content (AvgIpc) is 2.83. The van der Waals surface area contributed by atoms with Gasteiger partial charge in [0.1, 0.15) is 11.6 Å². The van der Waals surface area contributed by atoms with Gasteiger partial charge in [0.2, 0.25) is 11.9 Å². The maximum atomic E-state index is 12.1. The first-order chi connectivity index (χ1) is 16.8. The molecule has 10 heteroatoms. The van der Waals surface area contributed by atoms with Crippen molar-refractivity contribution >= 4 is 56.4 Å². The zero-order valence-corrected chi connectivity index (χ0v) is 21.9. The summed E-state index contributed by atoms with van der Waals surface area (Å²) in [5.74, 6) is 1.28. The van der Waals surface area contributed by atoms with Gasteiger partial charge in [0.15, 0.2) is 0 Å². The molecule has 0 atom stereocenters. The Morgan fingerprint density at radius 2 is 1.91 bits per heavy atom. The third-order valence-electron chi connectivity index (χ3n) is 5.05. The minimum Gasteiger partial charge on any atom is -0.494 e. The van der Waals surface area contributed by atoms with Crippen LogP contribution < -0.4 is 25.6 Å². The highest BCUT2D eigenvalue weighted by Crippen LogP contribution is 2.38. The van der Waals surface area contributed by atoms with E-state index < -0.39 is 0 Å². The lowest BCUT2D eigenvalue weighted by Crippen LogP contribution is -2.29. The Morgan fingerprint density at radius 1 is 1.11 bits per heavy atom. The Labute approximate surface area is 214 Å². The maximum Gasteiger partial charge on any atom is 0.247 e. The smallest absolute Gasteiger partial charge is 0.247 e. The van der Waals surface area contributed by atoms with E-state index in [2.05, 4.69) is 58.2 Å². The fourth-order valence-corrected chi connectivity index (χ4v) is 3.63. The number of methoxy groups -OCH3 is 1. The number of ether oxygens (including phenoxy) is 1. The number of carbonyl (C=O) groups excluding carboxylic acids is 1. The zero-order valence-electron chi connectivity index (χ0n) is 20.3. The van der Waals surface area contributed by atoms with E-state index in [1.165, 1.54) is 6.08 Å². The molecular formula is C25H30BrN7O2. The van der Waals surface area contributed by atoms with E-state index in [4.69, 9.17) is 4.74 Å². The van der Waals surface area contributed by atoms with Crippen molar-refractivity contribution in [2.75, 3.05) is 62.2 Å². The van der Waals surface area contributed by atoms with Crippen molar-refractivity contribution in [2.24, 2.45) is 0 Å². The van der Waals surface area contributed by atoms with Crippen molar-refractivity contribution in [1.82, 2.24) is 14.9 Å². The van der Waals surface area contributed by atoms with Crippen LogP contribution in [-0.2, 0) is 4.79 Å². The molecule has 0 saturated carbocycles. The van der Waals surface area contributed by atoms with Gasteiger partial charge >= 0.3 is 0 Å². The molecular weight excluding hydrogens is 510 g/mol. The van der Waals surface area contributed by atoms with Crippen molar-refractivity contribution in [2.45, 2.75) is 0 Å². The molecule has 1 heterocycles. The first kappa shape index (κ1) is 26.0. The van der Waals surface area contributed by atoms with Crippen LogP contribution in [0.2, 0.25) is 0 Å². The maximum absolute atomic E-state index is 12.1. The lowest BCUT2D eigenvalue weighted by molar-refractivity contribution is -0.111. The largest absolute Gasteiger partial charge is 0.494 e. The fourth-order valence-electron chi connectivity index (χ4n) is 3.23. The highest BCUT2D eigenvalue weighted by molar-refractivity contribution is 9.10. The molecule has 0 aliphatic carbocycles. The third kappa shape index (κ3) is 7.43. The number of halogens is 1. The van der Waals surface area contributed by atoms with Gasteiger partial charge in [-0.2, -0.15) is 4.98 Å². The molecule has 1 amide bonds. The van der Waals surface area contributed by atoms with Gasteiger partial charge in [-0.25, -0.2) is 4.98 Å². The number of benzene rings is 2. The molecule has 184 valence electrons. The summed E-state index contributed by atoms with van der Waals surface area (Å²) in [6.07, 6.45) is 2.90. The lowest BCUT2D eigenvalue weighted by atomic mass is 10.2. The lowest BCUT2D eigenvalue weighted by Gasteiger charge is -2.26. The third-order valence-corrected chi connectivity index (χ3v) is 5.55. The van der Waals surface area contributed by atoms with E-state index in [1.807, 2.05) is 51.5 Å². The molecule has 0 radical (unpaired) electrons. The summed E-state index contributed by atoms with van der Waals surface area (Å²) in [7, 11) is 7.59. The molecule has 2 aromatic carbocycles. The Balaban J connectivity index is 1.91. The molecule has 3 aromatic rings. The zero-order chi connectivity index (χ0) is 25.4. The number of carbonyl (C=O) groups is 1. The molecule has 0 aliphatic heterocycles. The monoisotopic (exact) mass is 539 g/mol. The average molecular weight is 540 g/mol. The molecule has 0 aliphatic rings. The van der Waals surface area contributed by atoms with Crippen LogP contribution in [0.4, 0.5) is 34.5 Å². The molecule has 3 N–H and O–H groups in total. The molecule has 0 spiro atoms. The molecule has 35 heavy (non-hydrogen) atoms. The Hall–Kier alpha value is -3.63. The van der Waals surface area contributed by atoms with Gasteiger partial charge in [0.25, 0.3) is 0 Å². The van der Waals surface area contributed by atoms with Gasteiger partial charge in [-0.15, -0.1) is 0 Å². The van der Waals surface area contributed by atoms with Crippen LogP contribution in [0.25, 0.3) is 0 Å². The van der Waals surface area contributed by atoms with Crippen LogP contribution in [0.15, 0.2) is 65.8 Å². The number of anilines is 6. The molecule has 0 bridgehead atoms. The number of amides is 1. The minimum absolute atomic E-state index is 0.306. The van der Waals surface area contributed by atoms with Gasteiger partial charge in [0.05, 0.1) is 24.2 Å². The fraction of sp³-hybridized carbons (Fsp3) is 0.240. The summed E-state index contributed by atoms with van der Waals surface area (Å²) in [6, 6.07) is 13.3. The Morgan fingerprint density at radius 3 is 2.60 bits per heavy atom. The Kier molecular flexibility index (Phi) is 9.04. The first-order valence-corrected chi connectivity index (χ1v) is 11.7. The number of nitrogens with one attached hydrogen (secondary N) is 3. The minimum atomic E-state index is -0.306. The van der Waals surface area contributed by atoms with Gasteiger partial charge in [0, 0.05) is 42.6 Å². The summed E-state index contributed by atoms with van der Waals surface area (Å²) in [4.78, 5) is 25.2. The van der Waals surface area contributed by atoms with E-state index >= 15 is 0 Å². The standard InChI is InChI=1S/C25H30BrN7O2/c1-6-24(34)29-19-15-20(22(35-5)16-21(19)33(4)13-12-32(2)3)30-25-27-11-10-23(31-25)28-18-9-7-8-17(26)14-18/h6-11,14-16H,1,12-13H2,2-5H3,(H,29,34)(H2,27,28,30,31). The van der Waals surface area contributed by atoms with E-state index in [0.717, 1.165) is 28.9 Å². The van der Waals surface area contributed by atoms with Crippen molar-refractivity contribution < 1.29 is 9.53 Å². The molecule has 0 fully saturated rings. The number of nitrogens with zero attached hydrogens (tertiary/aromatic N) is 4. The van der Waals surface area contributed by atoms with Gasteiger partial charge < -0.3 is 30.5 Å². The normalized spacial score (nSPS) is 10.6. The topological polar surface area (TPSA) is 94.6 Å². The molecule has 0 saturated heterocycles. The second kappa shape index (κ2) is 12.2. The predicted octanol–water partition coefficient (Wildman–Crippen LogP) is 4.86. The van der Waals surface area contributed by atoms with Gasteiger partial charge in [-0.3, -0.25) is 4.79 Å². The number of likely N-dealkylation sites (N-methyl/N-ethyl adjacent to an activating group) is 2. The molecule has 3 rings (SSSR count). The van der Waals surface area contributed by atoms with Gasteiger partial charge in [-0.1, -0.05) is 28.6 Å². The summed E-state index contributed by atoms with van der Waals surface area (Å²) in [6.45, 7) is 5.16. The number of rotatable bonds is 11. The first-order valence-electron chi connectivity index (χ1n) is 10.9. The summed E-state index contributed by atoms with van der Waals surface area (Å²) < 4.78 is 6.61. The molecule has 9 nitrogen and oxygen atoms in total. The van der Waals surface area contributed by atoms with Crippen LogP contribution in [0.3, 0.4) is 0 Å². The quantitative estimate of drug-likeness (QED) is 0.297. The summed E-state index contributed by atoms with van der Waals surface area (Å²) in [5, 5.41) is 9.36. The van der Waals surface area contributed by atoms with E-state index in [0.29, 0.717) is 28.9 Å². The Bertz CT molecular complexity index is 1190. The van der Waals surface area contributed by atoms with Gasteiger partial charge in [-0.05, 0) is 50.5 Å². The van der Waals surface area contributed by atoms with E-state index in [-0.39, 0.29) is 5.91 Å². The van der Waals surface area contributed by atoms with E-state index in [1.54, 1.807) is 25.4 Å². The van der Waals surface area contributed by atoms with Crippen molar-refractivity contribution in [3.8, 4) is 5.75 Å². The van der Waals surface area contributed by atoms with Crippen molar-refractivity contribution in [3.63, 3.8) is 0 Å². The second-order valence-corrected chi connectivity index (χ2v) is 8.93. The van der Waals surface area contributed by atoms with Crippen molar-refractivity contribution in [1.29, 1.82) is 0 Å². The number of hydrogen-bond donors (Lipinski definition) is 3. The predicted molar refractivity (Wildman–Crippen MR) is 146 cm³/mol. The van der Waals surface area contributed by atoms with Crippen LogP contribution in [0.1, 0.15) is 0 Å². The van der Waals surface area contributed by atoms with Crippen LogP contribution in [0, 0.1) is 0 Å². The second-order valence-electron chi connectivity index (χ2n) is 8.01. The number of hydrogen-bond acceptors (Lipinski definition) is 8. The summed E-state index contributed by atoms with van der Waals surface area (Å²) >= 11 is 3.47. The van der Waals surface area contributed by atoms with Crippen LogP contribution in [-0.4, -0.2) is 62.1 Å². The number of aromatic nitrogens is 2. The van der Waals surface area contributed by atoms with Crippen molar-refractivity contribution in [3.05, 3.63) is 65.8 Å². The highest BCUT2D eigenvalue weighted by Gasteiger charge is 2.16. The highest BCUT2D eigenvalue weighted by atomic mass is 79.9. The van der Waals surface area contributed by atoms with Crippen LogP contribution >= 0.6 is 15.9 Å². The van der Waals surface area contributed by atoms with E-state index in [9.17, 15) is 4.79 Å². The molecule has 0 unspecified atom stereocenters. The summed E-state index contributed by atoms with van der Waals surface area (Å²) in [5.41, 5.74) is 2.93. The SMILES string of the molecule is C=CC(=O)Nc1cc(Nc2nccc(Nc3cccc(Br)c3)n2)c(OC)cc1N(C)CCN(C)C. The molecule has 1 aromatic heterocycles. The van der Waals surface area contributed by atoms with Crippen LogP contribution in [0.5, 0.6) is 5.75 Å².